The predicted octanol–water partition coefficient (Wildman–Crippen LogP) is 1.54. The number of carbonyl (C=O) groups excluding carboxylic acids is 1. The fourth-order valence-corrected chi connectivity index (χ4v) is 2.64. The van der Waals surface area contributed by atoms with Gasteiger partial charge in [0.25, 0.3) is 0 Å². The van der Waals surface area contributed by atoms with Gasteiger partial charge in [0, 0.05) is 0 Å². The molecule has 0 radical (unpaired) electrons. The Bertz CT molecular complexity index is 405. The van der Waals surface area contributed by atoms with Crippen LogP contribution in [0.1, 0.15) is 62.9 Å². The van der Waals surface area contributed by atoms with Crippen LogP contribution in [0.5, 0.6) is 0 Å². The Labute approximate surface area is 101 Å². The summed E-state index contributed by atoms with van der Waals surface area (Å²) in [6, 6.07) is 0.460. The quantitative estimate of drug-likeness (QED) is 0.861. The molecule has 0 aromatic carbocycles. The average molecular weight is 236 g/mol. The molecular formula is C12H20N4O. The van der Waals surface area contributed by atoms with E-state index in [1.807, 2.05) is 4.68 Å². The van der Waals surface area contributed by atoms with Crippen molar-refractivity contribution in [1.29, 1.82) is 0 Å². The lowest BCUT2D eigenvalue weighted by molar-refractivity contribution is -0.117. The third-order valence-corrected chi connectivity index (χ3v) is 3.36. The maximum absolute atomic E-state index is 11.0. The van der Waals surface area contributed by atoms with E-state index < -0.39 is 0 Å². The summed E-state index contributed by atoms with van der Waals surface area (Å²) in [5.41, 5.74) is 7.07. The monoisotopic (exact) mass is 236 g/mol. The molecule has 1 aliphatic carbocycles. The summed E-state index contributed by atoms with van der Waals surface area (Å²) in [4.78, 5) is 11.0. The van der Waals surface area contributed by atoms with Crippen molar-refractivity contribution >= 4 is 5.91 Å². The highest BCUT2D eigenvalue weighted by atomic mass is 16.1. The Morgan fingerprint density at radius 1 is 1.47 bits per heavy atom. The van der Waals surface area contributed by atoms with Crippen molar-refractivity contribution in [3.8, 4) is 0 Å². The molecule has 1 aliphatic rings. The van der Waals surface area contributed by atoms with Crippen LogP contribution in [0, 0.1) is 0 Å². The number of nitrogens with zero attached hydrogens (tertiary/aromatic N) is 3. The number of hydrogen-bond donors (Lipinski definition) is 1. The standard InChI is InChI=1S/C12H20N4O/c1-8(2)12-10(7-11(13)17)14-15-16(12)9-5-3-4-6-9/h8-9H,3-7H2,1-2H3,(H2,13,17). The first kappa shape index (κ1) is 12.1. The zero-order valence-corrected chi connectivity index (χ0v) is 10.5. The van der Waals surface area contributed by atoms with Crippen molar-refractivity contribution in [2.45, 2.75) is 57.9 Å². The van der Waals surface area contributed by atoms with Crippen molar-refractivity contribution in [3.05, 3.63) is 11.4 Å². The minimum Gasteiger partial charge on any atom is -0.369 e. The molecule has 5 heteroatoms. The summed E-state index contributed by atoms with van der Waals surface area (Å²) in [7, 11) is 0. The highest BCUT2D eigenvalue weighted by Gasteiger charge is 2.25. The smallest absolute Gasteiger partial charge is 0.223 e. The highest BCUT2D eigenvalue weighted by molar-refractivity contribution is 5.76. The van der Waals surface area contributed by atoms with E-state index in [2.05, 4.69) is 24.2 Å². The lowest BCUT2D eigenvalue weighted by Crippen LogP contribution is -2.17. The molecule has 0 bridgehead atoms. The molecule has 2 N–H and O–H groups in total. The van der Waals surface area contributed by atoms with Gasteiger partial charge in [0.1, 0.15) is 0 Å². The number of primary amides is 1. The maximum atomic E-state index is 11.0. The van der Waals surface area contributed by atoms with Gasteiger partial charge in [-0.2, -0.15) is 0 Å². The summed E-state index contributed by atoms with van der Waals surface area (Å²) in [6.45, 7) is 4.21. The molecular weight excluding hydrogens is 216 g/mol. The first-order valence-corrected chi connectivity index (χ1v) is 6.32. The predicted molar refractivity (Wildman–Crippen MR) is 64.5 cm³/mol. The van der Waals surface area contributed by atoms with Gasteiger partial charge < -0.3 is 5.73 Å². The fourth-order valence-electron chi connectivity index (χ4n) is 2.64. The van der Waals surface area contributed by atoms with E-state index in [0.717, 1.165) is 11.4 Å². The van der Waals surface area contributed by atoms with E-state index in [0.29, 0.717) is 12.0 Å². The van der Waals surface area contributed by atoms with Crippen molar-refractivity contribution in [2.75, 3.05) is 0 Å². The Morgan fingerprint density at radius 3 is 2.65 bits per heavy atom. The van der Waals surface area contributed by atoms with Gasteiger partial charge in [0.15, 0.2) is 0 Å². The summed E-state index contributed by atoms with van der Waals surface area (Å²) >= 11 is 0. The van der Waals surface area contributed by atoms with Crippen LogP contribution in [0.25, 0.3) is 0 Å². The second-order valence-corrected chi connectivity index (χ2v) is 5.10. The molecule has 94 valence electrons. The molecule has 0 spiro atoms. The molecule has 0 aliphatic heterocycles. The lowest BCUT2D eigenvalue weighted by Gasteiger charge is -2.15. The Balaban J connectivity index is 2.31. The van der Waals surface area contributed by atoms with Crippen LogP contribution in [0.3, 0.4) is 0 Å². The van der Waals surface area contributed by atoms with Gasteiger partial charge in [-0.25, -0.2) is 4.68 Å². The second kappa shape index (κ2) is 4.85. The Kier molecular flexibility index (Phi) is 3.45. The number of carbonyl (C=O) groups is 1. The van der Waals surface area contributed by atoms with E-state index in [1.165, 1.54) is 25.7 Å². The molecule has 1 amide bonds. The summed E-state index contributed by atoms with van der Waals surface area (Å²) < 4.78 is 2.02. The van der Waals surface area contributed by atoms with E-state index in [1.54, 1.807) is 0 Å². The van der Waals surface area contributed by atoms with E-state index in [-0.39, 0.29) is 12.3 Å². The molecule has 0 saturated heterocycles. The van der Waals surface area contributed by atoms with E-state index >= 15 is 0 Å². The fraction of sp³-hybridized carbons (Fsp3) is 0.750. The normalized spacial score (nSPS) is 16.9. The number of aromatic nitrogens is 3. The Hall–Kier alpha value is -1.39. The largest absolute Gasteiger partial charge is 0.369 e. The second-order valence-electron chi connectivity index (χ2n) is 5.10. The molecule has 0 unspecified atom stereocenters. The van der Waals surface area contributed by atoms with Crippen LogP contribution in [0.2, 0.25) is 0 Å². The van der Waals surface area contributed by atoms with Gasteiger partial charge in [0.2, 0.25) is 5.91 Å². The molecule has 1 saturated carbocycles. The van der Waals surface area contributed by atoms with Crippen LogP contribution in [-0.2, 0) is 11.2 Å². The van der Waals surface area contributed by atoms with Crippen LogP contribution in [0.4, 0.5) is 0 Å². The molecule has 1 heterocycles. The molecule has 1 fully saturated rings. The van der Waals surface area contributed by atoms with Crippen LogP contribution >= 0.6 is 0 Å². The van der Waals surface area contributed by atoms with Crippen molar-refractivity contribution in [2.24, 2.45) is 5.73 Å². The number of nitrogens with two attached hydrogens (primary N) is 1. The maximum Gasteiger partial charge on any atom is 0.223 e. The summed E-state index contributed by atoms with van der Waals surface area (Å²) in [6.07, 6.45) is 5.04. The van der Waals surface area contributed by atoms with Gasteiger partial charge in [-0.05, 0) is 18.8 Å². The topological polar surface area (TPSA) is 73.8 Å². The number of hydrogen-bond acceptors (Lipinski definition) is 3. The van der Waals surface area contributed by atoms with Crippen LogP contribution in [0.15, 0.2) is 0 Å². The van der Waals surface area contributed by atoms with Gasteiger partial charge in [-0.15, -0.1) is 5.10 Å². The summed E-state index contributed by atoms with van der Waals surface area (Å²) in [5, 5.41) is 8.37. The van der Waals surface area contributed by atoms with Crippen molar-refractivity contribution < 1.29 is 4.79 Å². The molecule has 2 rings (SSSR count). The molecule has 1 aromatic rings. The first-order chi connectivity index (χ1) is 8.09. The average Bonchev–Trinajstić information content (AvgIpc) is 2.82. The first-order valence-electron chi connectivity index (χ1n) is 6.32. The Morgan fingerprint density at radius 2 is 2.12 bits per heavy atom. The zero-order valence-electron chi connectivity index (χ0n) is 10.5. The molecule has 5 nitrogen and oxygen atoms in total. The number of rotatable bonds is 4. The van der Waals surface area contributed by atoms with Crippen molar-refractivity contribution in [3.63, 3.8) is 0 Å². The van der Waals surface area contributed by atoms with E-state index in [4.69, 9.17) is 5.73 Å². The van der Waals surface area contributed by atoms with Gasteiger partial charge in [-0.3, -0.25) is 4.79 Å². The highest BCUT2D eigenvalue weighted by Crippen LogP contribution is 2.32. The van der Waals surface area contributed by atoms with Gasteiger partial charge >= 0.3 is 0 Å². The number of amides is 1. The lowest BCUT2D eigenvalue weighted by atomic mass is 10.1. The third-order valence-electron chi connectivity index (χ3n) is 3.36. The zero-order chi connectivity index (χ0) is 12.4. The SMILES string of the molecule is CC(C)c1c(CC(N)=O)nnn1C1CCCC1. The van der Waals surface area contributed by atoms with Crippen molar-refractivity contribution in [1.82, 2.24) is 15.0 Å². The molecule has 1 aromatic heterocycles. The van der Waals surface area contributed by atoms with Crippen LogP contribution < -0.4 is 5.73 Å². The van der Waals surface area contributed by atoms with Gasteiger partial charge in [-0.1, -0.05) is 31.9 Å². The van der Waals surface area contributed by atoms with E-state index in [9.17, 15) is 4.79 Å². The molecule has 17 heavy (non-hydrogen) atoms. The minimum atomic E-state index is -0.342. The molecule has 0 atom stereocenters. The summed E-state index contributed by atoms with van der Waals surface area (Å²) in [5.74, 6) is -0.0229. The third kappa shape index (κ3) is 2.48. The van der Waals surface area contributed by atoms with Gasteiger partial charge in [0.05, 0.1) is 23.9 Å². The van der Waals surface area contributed by atoms with Crippen LogP contribution in [-0.4, -0.2) is 20.9 Å². The minimum absolute atomic E-state index is 0.195.